The summed E-state index contributed by atoms with van der Waals surface area (Å²) in [6.07, 6.45) is 1.37. The van der Waals surface area contributed by atoms with Crippen molar-refractivity contribution in [1.82, 2.24) is 9.62 Å². The Balaban J connectivity index is 2.24. The van der Waals surface area contributed by atoms with Crippen molar-refractivity contribution in [3.8, 4) is 0 Å². The van der Waals surface area contributed by atoms with Gasteiger partial charge in [-0.15, -0.1) is 0 Å². The van der Waals surface area contributed by atoms with Crippen molar-refractivity contribution in [2.24, 2.45) is 0 Å². The third kappa shape index (κ3) is 3.51. The average molecular weight is 315 g/mol. The zero-order valence-corrected chi connectivity index (χ0v) is 12.5. The van der Waals surface area contributed by atoms with Crippen molar-refractivity contribution in [3.63, 3.8) is 0 Å². The summed E-state index contributed by atoms with van der Waals surface area (Å²) in [6.45, 7) is 1.94. The van der Waals surface area contributed by atoms with Gasteiger partial charge in [-0.3, -0.25) is 4.79 Å². The van der Waals surface area contributed by atoms with Crippen molar-refractivity contribution >= 4 is 21.6 Å². The van der Waals surface area contributed by atoms with Crippen molar-refractivity contribution in [3.05, 3.63) is 24.0 Å². The monoisotopic (exact) mass is 315 g/mol. The molecule has 0 radical (unpaired) electrons. The van der Waals surface area contributed by atoms with Gasteiger partial charge in [0, 0.05) is 26.1 Å². The highest BCUT2D eigenvalue weighted by molar-refractivity contribution is 7.89. The van der Waals surface area contributed by atoms with Gasteiger partial charge in [0.25, 0.3) is 0 Å². The van der Waals surface area contributed by atoms with Crippen LogP contribution in [0.3, 0.4) is 0 Å². The van der Waals surface area contributed by atoms with Crippen LogP contribution in [0.5, 0.6) is 0 Å². The normalized spacial score (nSPS) is 20.2. The summed E-state index contributed by atoms with van der Waals surface area (Å²) in [5, 5.41) is 2.72. The number of benzene rings is 1. The highest BCUT2D eigenvalue weighted by Gasteiger charge is 2.31. The molecule has 1 atom stereocenters. The SMILES string of the molecule is CC(=O)NC1CCCN(S(=O)(=O)c2ccc(F)cc2N)C1. The molecular formula is C13H18FN3O3S. The van der Waals surface area contributed by atoms with Gasteiger partial charge in [-0.2, -0.15) is 4.31 Å². The first-order valence-electron chi connectivity index (χ1n) is 6.63. The van der Waals surface area contributed by atoms with E-state index >= 15 is 0 Å². The lowest BCUT2D eigenvalue weighted by Gasteiger charge is -2.32. The van der Waals surface area contributed by atoms with Gasteiger partial charge in [0.05, 0.1) is 5.69 Å². The minimum atomic E-state index is -3.79. The predicted molar refractivity (Wildman–Crippen MR) is 76.4 cm³/mol. The Morgan fingerprint density at radius 1 is 1.48 bits per heavy atom. The number of hydrogen-bond donors (Lipinski definition) is 2. The Hall–Kier alpha value is -1.67. The van der Waals surface area contributed by atoms with Crippen molar-refractivity contribution in [2.75, 3.05) is 18.8 Å². The van der Waals surface area contributed by atoms with Gasteiger partial charge < -0.3 is 11.1 Å². The zero-order chi connectivity index (χ0) is 15.6. The molecule has 116 valence electrons. The maximum absolute atomic E-state index is 13.0. The Morgan fingerprint density at radius 2 is 2.19 bits per heavy atom. The Morgan fingerprint density at radius 3 is 2.81 bits per heavy atom. The highest BCUT2D eigenvalue weighted by Crippen LogP contribution is 2.25. The van der Waals surface area contributed by atoms with Crippen molar-refractivity contribution < 1.29 is 17.6 Å². The number of piperidine rings is 1. The average Bonchev–Trinajstić information content (AvgIpc) is 2.37. The van der Waals surface area contributed by atoms with Crippen LogP contribution >= 0.6 is 0 Å². The topological polar surface area (TPSA) is 92.5 Å². The standard InChI is InChI=1S/C13H18FN3O3S/c1-9(18)16-11-3-2-6-17(8-11)21(19,20)13-5-4-10(14)7-12(13)15/h4-5,7,11H,2-3,6,8,15H2,1H3,(H,16,18). The number of sulfonamides is 1. The number of halogens is 1. The van der Waals surface area contributed by atoms with E-state index in [0.29, 0.717) is 13.0 Å². The Kier molecular flexibility index (Phi) is 4.48. The molecule has 2 rings (SSSR count). The van der Waals surface area contributed by atoms with Crippen molar-refractivity contribution in [1.29, 1.82) is 0 Å². The van der Waals surface area contributed by atoms with Gasteiger partial charge in [0.2, 0.25) is 15.9 Å². The minimum absolute atomic E-state index is 0.104. The molecular weight excluding hydrogens is 297 g/mol. The molecule has 0 bridgehead atoms. The van der Waals surface area contributed by atoms with Crippen LogP contribution in [0.2, 0.25) is 0 Å². The smallest absolute Gasteiger partial charge is 0.245 e. The Bertz CT molecular complexity index is 648. The number of hydrogen-bond acceptors (Lipinski definition) is 4. The lowest BCUT2D eigenvalue weighted by Crippen LogP contribution is -2.49. The zero-order valence-electron chi connectivity index (χ0n) is 11.7. The number of carbonyl (C=O) groups is 1. The van der Waals surface area contributed by atoms with E-state index in [1.807, 2.05) is 0 Å². The second-order valence-electron chi connectivity index (χ2n) is 5.08. The van der Waals surface area contributed by atoms with Gasteiger partial charge in [-0.05, 0) is 31.0 Å². The third-order valence-electron chi connectivity index (χ3n) is 3.38. The molecule has 1 amide bonds. The molecule has 1 saturated heterocycles. The number of nitrogens with zero attached hydrogens (tertiary/aromatic N) is 1. The predicted octanol–water partition coefficient (Wildman–Crippen LogP) is 0.697. The molecule has 1 heterocycles. The fraction of sp³-hybridized carbons (Fsp3) is 0.462. The quantitative estimate of drug-likeness (QED) is 0.803. The molecule has 0 saturated carbocycles. The first kappa shape index (κ1) is 15.7. The van der Waals surface area contributed by atoms with Crippen LogP contribution in [0.4, 0.5) is 10.1 Å². The molecule has 0 spiro atoms. The Labute approximate surface area is 123 Å². The molecule has 8 heteroatoms. The molecule has 3 N–H and O–H groups in total. The minimum Gasteiger partial charge on any atom is -0.398 e. The van der Waals surface area contributed by atoms with Crippen LogP contribution in [0.15, 0.2) is 23.1 Å². The largest absolute Gasteiger partial charge is 0.398 e. The molecule has 1 fully saturated rings. The number of nitrogens with two attached hydrogens (primary N) is 1. The van der Waals surface area contributed by atoms with Gasteiger partial charge in [-0.25, -0.2) is 12.8 Å². The van der Waals surface area contributed by atoms with E-state index in [0.717, 1.165) is 18.6 Å². The number of amides is 1. The van der Waals surface area contributed by atoms with E-state index in [1.165, 1.54) is 17.3 Å². The van der Waals surface area contributed by atoms with E-state index < -0.39 is 15.8 Å². The van der Waals surface area contributed by atoms with Gasteiger partial charge >= 0.3 is 0 Å². The van der Waals surface area contributed by atoms with Crippen LogP contribution < -0.4 is 11.1 Å². The fourth-order valence-corrected chi connectivity index (χ4v) is 4.08. The number of carbonyl (C=O) groups excluding carboxylic acids is 1. The first-order chi connectivity index (χ1) is 9.80. The summed E-state index contributed by atoms with van der Waals surface area (Å²) in [7, 11) is -3.79. The summed E-state index contributed by atoms with van der Waals surface area (Å²) in [4.78, 5) is 11.0. The van der Waals surface area contributed by atoms with Gasteiger partial charge in [0.15, 0.2) is 0 Å². The molecule has 1 aromatic rings. The van der Waals surface area contributed by atoms with E-state index in [1.54, 1.807) is 0 Å². The van der Waals surface area contributed by atoms with E-state index in [4.69, 9.17) is 5.73 Å². The van der Waals surface area contributed by atoms with E-state index in [9.17, 15) is 17.6 Å². The van der Waals surface area contributed by atoms with Crippen LogP contribution in [0.1, 0.15) is 19.8 Å². The van der Waals surface area contributed by atoms with Crippen molar-refractivity contribution in [2.45, 2.75) is 30.7 Å². The second-order valence-corrected chi connectivity index (χ2v) is 6.99. The molecule has 0 aliphatic carbocycles. The maximum Gasteiger partial charge on any atom is 0.245 e. The summed E-state index contributed by atoms with van der Waals surface area (Å²) < 4.78 is 39.4. The summed E-state index contributed by atoms with van der Waals surface area (Å²) in [5.41, 5.74) is 5.50. The number of anilines is 1. The highest BCUT2D eigenvalue weighted by atomic mass is 32.2. The molecule has 1 unspecified atom stereocenters. The lowest BCUT2D eigenvalue weighted by atomic mass is 10.1. The van der Waals surface area contributed by atoms with Crippen LogP contribution in [-0.2, 0) is 14.8 Å². The number of nitrogens with one attached hydrogen (secondary N) is 1. The lowest BCUT2D eigenvalue weighted by molar-refractivity contribution is -0.119. The van der Waals surface area contributed by atoms with Crippen LogP contribution in [0, 0.1) is 5.82 Å². The molecule has 1 aromatic carbocycles. The van der Waals surface area contributed by atoms with E-state index in [2.05, 4.69) is 5.32 Å². The fourth-order valence-electron chi connectivity index (χ4n) is 2.46. The molecule has 21 heavy (non-hydrogen) atoms. The molecule has 1 aliphatic heterocycles. The van der Waals surface area contributed by atoms with Gasteiger partial charge in [0.1, 0.15) is 10.7 Å². The second kappa shape index (κ2) is 5.98. The summed E-state index contributed by atoms with van der Waals surface area (Å²) >= 11 is 0. The molecule has 6 nitrogen and oxygen atoms in total. The first-order valence-corrected chi connectivity index (χ1v) is 8.07. The van der Waals surface area contributed by atoms with Crippen LogP contribution in [-0.4, -0.2) is 37.8 Å². The number of nitrogen functional groups attached to an aromatic ring is 1. The van der Waals surface area contributed by atoms with E-state index in [-0.39, 0.29) is 29.1 Å². The van der Waals surface area contributed by atoms with Crippen LogP contribution in [0.25, 0.3) is 0 Å². The number of rotatable bonds is 3. The third-order valence-corrected chi connectivity index (χ3v) is 5.32. The molecule has 0 aromatic heterocycles. The van der Waals surface area contributed by atoms with Gasteiger partial charge in [-0.1, -0.05) is 0 Å². The summed E-state index contributed by atoms with van der Waals surface area (Å²) in [5.74, 6) is -0.776. The molecule has 1 aliphatic rings. The maximum atomic E-state index is 13.0. The summed E-state index contributed by atoms with van der Waals surface area (Å²) in [6, 6.07) is 3.01.